The van der Waals surface area contributed by atoms with Crippen LogP contribution in [-0.4, -0.2) is 18.8 Å². The standard InChI is InChI=1S/C6H10F3N/c1-3-4-10-5(2)6(7,8)9/h3,5,10H,1,4H2,2H3. The molecule has 10 heavy (non-hydrogen) atoms. The van der Waals surface area contributed by atoms with Gasteiger partial charge >= 0.3 is 6.18 Å². The summed E-state index contributed by atoms with van der Waals surface area (Å²) < 4.78 is 35.0. The molecule has 0 amide bonds. The fraction of sp³-hybridized carbons (Fsp3) is 0.667. The molecule has 0 bridgehead atoms. The lowest BCUT2D eigenvalue weighted by Crippen LogP contribution is -2.39. The summed E-state index contributed by atoms with van der Waals surface area (Å²) in [5.41, 5.74) is 0. The Kier molecular flexibility index (Phi) is 3.42. The van der Waals surface area contributed by atoms with Gasteiger partial charge in [0.1, 0.15) is 6.04 Å². The minimum absolute atomic E-state index is 0.181. The lowest BCUT2D eigenvalue weighted by atomic mass is 10.3. The first kappa shape index (κ1) is 9.49. The lowest BCUT2D eigenvalue weighted by Gasteiger charge is -2.15. The van der Waals surface area contributed by atoms with Crippen molar-refractivity contribution in [2.45, 2.75) is 19.1 Å². The minimum atomic E-state index is -4.15. The van der Waals surface area contributed by atoms with E-state index in [2.05, 4.69) is 11.9 Å². The fourth-order valence-corrected chi connectivity index (χ4v) is 0.376. The van der Waals surface area contributed by atoms with Gasteiger partial charge in [-0.1, -0.05) is 6.08 Å². The van der Waals surface area contributed by atoms with E-state index in [4.69, 9.17) is 0 Å². The first-order chi connectivity index (χ1) is 4.48. The molecule has 0 fully saturated rings. The molecule has 0 aromatic carbocycles. The van der Waals surface area contributed by atoms with Gasteiger partial charge in [-0.15, -0.1) is 6.58 Å². The monoisotopic (exact) mass is 153 g/mol. The van der Waals surface area contributed by atoms with E-state index in [1.807, 2.05) is 0 Å². The molecule has 0 saturated heterocycles. The molecule has 60 valence electrons. The molecule has 0 aliphatic carbocycles. The zero-order chi connectivity index (χ0) is 8.20. The zero-order valence-corrected chi connectivity index (χ0v) is 5.70. The van der Waals surface area contributed by atoms with Gasteiger partial charge in [-0.05, 0) is 6.92 Å². The van der Waals surface area contributed by atoms with Gasteiger partial charge in [-0.2, -0.15) is 13.2 Å². The van der Waals surface area contributed by atoms with E-state index in [1.165, 1.54) is 6.08 Å². The molecule has 0 radical (unpaired) electrons. The first-order valence-corrected chi connectivity index (χ1v) is 2.89. The third-order valence-corrected chi connectivity index (χ3v) is 1.06. The highest BCUT2D eigenvalue weighted by Gasteiger charge is 2.34. The van der Waals surface area contributed by atoms with Crippen LogP contribution in [0, 0.1) is 0 Å². The maximum Gasteiger partial charge on any atom is 0.403 e. The van der Waals surface area contributed by atoms with Gasteiger partial charge in [0.15, 0.2) is 0 Å². The van der Waals surface area contributed by atoms with Gasteiger partial charge in [0.25, 0.3) is 0 Å². The Bertz CT molecular complexity index is 108. The summed E-state index contributed by atoms with van der Waals surface area (Å²) in [4.78, 5) is 0. The summed E-state index contributed by atoms with van der Waals surface area (Å²) in [5, 5.41) is 2.23. The molecule has 0 heterocycles. The van der Waals surface area contributed by atoms with E-state index in [9.17, 15) is 13.2 Å². The van der Waals surface area contributed by atoms with Crippen molar-refractivity contribution in [1.82, 2.24) is 5.32 Å². The fourth-order valence-electron chi connectivity index (χ4n) is 0.376. The van der Waals surface area contributed by atoms with E-state index >= 15 is 0 Å². The third-order valence-electron chi connectivity index (χ3n) is 1.06. The molecule has 1 atom stereocenters. The molecule has 1 unspecified atom stereocenters. The second kappa shape index (κ2) is 3.61. The maximum absolute atomic E-state index is 11.7. The number of alkyl halides is 3. The van der Waals surface area contributed by atoms with Crippen molar-refractivity contribution < 1.29 is 13.2 Å². The number of hydrogen-bond donors (Lipinski definition) is 1. The van der Waals surface area contributed by atoms with Gasteiger partial charge < -0.3 is 5.32 Å². The van der Waals surface area contributed by atoms with Gasteiger partial charge in [-0.25, -0.2) is 0 Å². The number of rotatable bonds is 3. The van der Waals surface area contributed by atoms with Gasteiger partial charge in [-0.3, -0.25) is 0 Å². The summed E-state index contributed by atoms with van der Waals surface area (Å²) in [7, 11) is 0. The van der Waals surface area contributed by atoms with Crippen molar-refractivity contribution in [2.24, 2.45) is 0 Å². The molecule has 0 rings (SSSR count). The summed E-state index contributed by atoms with van der Waals surface area (Å²) in [6.45, 7) is 4.54. The minimum Gasteiger partial charge on any atom is -0.303 e. The van der Waals surface area contributed by atoms with Crippen molar-refractivity contribution in [3.05, 3.63) is 12.7 Å². The predicted octanol–water partition coefficient (Wildman–Crippen LogP) is 1.71. The van der Waals surface area contributed by atoms with Crippen LogP contribution in [0.15, 0.2) is 12.7 Å². The van der Waals surface area contributed by atoms with Crippen LogP contribution in [0.2, 0.25) is 0 Å². The largest absolute Gasteiger partial charge is 0.403 e. The Balaban J connectivity index is 3.61. The van der Waals surface area contributed by atoms with Crippen LogP contribution < -0.4 is 5.32 Å². The Morgan fingerprint density at radius 2 is 2.10 bits per heavy atom. The molecule has 1 N–H and O–H groups in total. The van der Waals surface area contributed by atoms with E-state index < -0.39 is 12.2 Å². The first-order valence-electron chi connectivity index (χ1n) is 2.89. The molecular formula is C6H10F3N. The van der Waals surface area contributed by atoms with Crippen LogP contribution >= 0.6 is 0 Å². The average molecular weight is 153 g/mol. The average Bonchev–Trinajstić information content (AvgIpc) is 1.80. The second-order valence-corrected chi connectivity index (χ2v) is 1.96. The summed E-state index contributed by atoms with van der Waals surface area (Å²) in [6, 6.07) is -1.45. The van der Waals surface area contributed by atoms with Crippen molar-refractivity contribution >= 4 is 0 Å². The molecule has 0 aromatic heterocycles. The second-order valence-electron chi connectivity index (χ2n) is 1.96. The normalized spacial score (nSPS) is 14.8. The maximum atomic E-state index is 11.7. The Hall–Kier alpha value is -0.510. The topological polar surface area (TPSA) is 12.0 Å². The van der Waals surface area contributed by atoms with Crippen molar-refractivity contribution in [1.29, 1.82) is 0 Å². The smallest absolute Gasteiger partial charge is 0.303 e. The molecule has 0 spiro atoms. The molecule has 4 heteroatoms. The number of nitrogens with one attached hydrogen (secondary N) is 1. The SMILES string of the molecule is C=CCNC(C)C(F)(F)F. The Morgan fingerprint density at radius 1 is 1.60 bits per heavy atom. The zero-order valence-electron chi connectivity index (χ0n) is 5.70. The molecular weight excluding hydrogens is 143 g/mol. The number of halogens is 3. The van der Waals surface area contributed by atoms with Crippen molar-refractivity contribution in [2.75, 3.05) is 6.54 Å². The van der Waals surface area contributed by atoms with Gasteiger partial charge in [0.05, 0.1) is 0 Å². The van der Waals surface area contributed by atoms with Crippen LogP contribution in [-0.2, 0) is 0 Å². The highest BCUT2D eigenvalue weighted by atomic mass is 19.4. The molecule has 0 saturated carbocycles. The summed E-state index contributed by atoms with van der Waals surface area (Å²) in [5.74, 6) is 0. The highest BCUT2D eigenvalue weighted by molar-refractivity contribution is 4.76. The quantitative estimate of drug-likeness (QED) is 0.608. The van der Waals surface area contributed by atoms with E-state index in [0.717, 1.165) is 6.92 Å². The predicted molar refractivity (Wildman–Crippen MR) is 33.7 cm³/mol. The number of hydrogen-bond acceptors (Lipinski definition) is 1. The van der Waals surface area contributed by atoms with E-state index in [0.29, 0.717) is 0 Å². The lowest BCUT2D eigenvalue weighted by molar-refractivity contribution is -0.150. The summed E-state index contributed by atoms with van der Waals surface area (Å²) in [6.07, 6.45) is -2.76. The Morgan fingerprint density at radius 3 is 2.40 bits per heavy atom. The van der Waals surface area contributed by atoms with Crippen molar-refractivity contribution in [3.63, 3.8) is 0 Å². The van der Waals surface area contributed by atoms with E-state index in [-0.39, 0.29) is 6.54 Å². The van der Waals surface area contributed by atoms with Crippen LogP contribution in [0.1, 0.15) is 6.92 Å². The summed E-state index contributed by atoms with van der Waals surface area (Å²) >= 11 is 0. The molecule has 0 aromatic rings. The van der Waals surface area contributed by atoms with Crippen LogP contribution in [0.4, 0.5) is 13.2 Å². The van der Waals surface area contributed by atoms with Crippen molar-refractivity contribution in [3.8, 4) is 0 Å². The van der Waals surface area contributed by atoms with Gasteiger partial charge in [0.2, 0.25) is 0 Å². The van der Waals surface area contributed by atoms with Crippen LogP contribution in [0.3, 0.4) is 0 Å². The third kappa shape index (κ3) is 3.50. The van der Waals surface area contributed by atoms with Crippen LogP contribution in [0.25, 0.3) is 0 Å². The molecule has 0 aliphatic rings. The highest BCUT2D eigenvalue weighted by Crippen LogP contribution is 2.18. The van der Waals surface area contributed by atoms with Crippen LogP contribution in [0.5, 0.6) is 0 Å². The Labute approximate surface area is 57.9 Å². The molecule has 1 nitrogen and oxygen atoms in total. The van der Waals surface area contributed by atoms with Gasteiger partial charge in [0, 0.05) is 6.54 Å². The van der Waals surface area contributed by atoms with E-state index in [1.54, 1.807) is 0 Å². The molecule has 0 aliphatic heterocycles.